The van der Waals surface area contributed by atoms with Crippen LogP contribution >= 0.6 is 23.2 Å². The first kappa shape index (κ1) is 22.2. The number of carbonyl (C=O) groups is 2. The van der Waals surface area contributed by atoms with Gasteiger partial charge in [0, 0.05) is 24.2 Å². The Kier molecular flexibility index (Phi) is 7.39. The SMILES string of the molecule is CC(C)C(NC(=O)c1ccc(Cl)cc1Cl)C(=O)NN=Cc1ccc(N2CCCC2)o1. The molecule has 30 heavy (non-hydrogen) atoms. The summed E-state index contributed by atoms with van der Waals surface area (Å²) in [7, 11) is 0. The number of halogens is 2. The van der Waals surface area contributed by atoms with E-state index in [0.717, 1.165) is 31.8 Å². The van der Waals surface area contributed by atoms with E-state index in [0.29, 0.717) is 10.8 Å². The van der Waals surface area contributed by atoms with Crippen LogP contribution < -0.4 is 15.6 Å². The van der Waals surface area contributed by atoms with Crippen molar-refractivity contribution in [2.45, 2.75) is 32.7 Å². The molecule has 0 radical (unpaired) electrons. The van der Waals surface area contributed by atoms with Gasteiger partial charge in [-0.15, -0.1) is 0 Å². The van der Waals surface area contributed by atoms with E-state index in [2.05, 4.69) is 20.7 Å². The molecule has 0 spiro atoms. The van der Waals surface area contributed by atoms with Crippen LogP contribution in [0.5, 0.6) is 0 Å². The van der Waals surface area contributed by atoms with Gasteiger partial charge in [-0.1, -0.05) is 37.0 Å². The first-order valence-corrected chi connectivity index (χ1v) is 10.5. The summed E-state index contributed by atoms with van der Waals surface area (Å²) in [6.07, 6.45) is 3.75. The first-order valence-electron chi connectivity index (χ1n) is 9.79. The lowest BCUT2D eigenvalue weighted by atomic mass is 10.0. The van der Waals surface area contributed by atoms with E-state index in [4.69, 9.17) is 27.6 Å². The van der Waals surface area contributed by atoms with E-state index in [-0.39, 0.29) is 16.5 Å². The van der Waals surface area contributed by atoms with E-state index in [9.17, 15) is 9.59 Å². The van der Waals surface area contributed by atoms with Crippen molar-refractivity contribution in [3.05, 3.63) is 51.7 Å². The lowest BCUT2D eigenvalue weighted by Crippen LogP contribution is -2.48. The highest BCUT2D eigenvalue weighted by atomic mass is 35.5. The van der Waals surface area contributed by atoms with Crippen molar-refractivity contribution in [2.75, 3.05) is 18.0 Å². The van der Waals surface area contributed by atoms with Crippen molar-refractivity contribution in [3.63, 3.8) is 0 Å². The van der Waals surface area contributed by atoms with Crippen LogP contribution in [0, 0.1) is 5.92 Å². The van der Waals surface area contributed by atoms with Gasteiger partial charge in [0.15, 0.2) is 5.88 Å². The number of hydrogen-bond acceptors (Lipinski definition) is 5. The van der Waals surface area contributed by atoms with Crippen LogP contribution in [0.4, 0.5) is 5.88 Å². The van der Waals surface area contributed by atoms with E-state index in [1.807, 2.05) is 19.9 Å². The maximum Gasteiger partial charge on any atom is 0.262 e. The van der Waals surface area contributed by atoms with Gasteiger partial charge in [0.1, 0.15) is 11.8 Å². The second-order valence-electron chi connectivity index (χ2n) is 7.42. The molecule has 1 unspecified atom stereocenters. The third-order valence-corrected chi connectivity index (χ3v) is 5.36. The zero-order valence-electron chi connectivity index (χ0n) is 16.8. The Morgan fingerprint density at radius 2 is 1.90 bits per heavy atom. The van der Waals surface area contributed by atoms with Crippen molar-refractivity contribution >= 4 is 47.1 Å². The molecule has 3 rings (SSSR count). The van der Waals surface area contributed by atoms with E-state index in [1.54, 1.807) is 12.1 Å². The molecule has 2 aromatic rings. The van der Waals surface area contributed by atoms with Gasteiger partial charge in [-0.25, -0.2) is 5.43 Å². The second kappa shape index (κ2) is 10.00. The normalized spacial score (nSPS) is 15.0. The highest BCUT2D eigenvalue weighted by Gasteiger charge is 2.25. The third kappa shape index (κ3) is 5.55. The van der Waals surface area contributed by atoms with E-state index in [1.165, 1.54) is 18.3 Å². The van der Waals surface area contributed by atoms with E-state index < -0.39 is 17.9 Å². The van der Waals surface area contributed by atoms with Crippen LogP contribution in [0.1, 0.15) is 42.8 Å². The van der Waals surface area contributed by atoms with Crippen molar-refractivity contribution < 1.29 is 14.0 Å². The molecule has 2 heterocycles. The molecule has 1 aromatic carbocycles. The lowest BCUT2D eigenvalue weighted by Gasteiger charge is -2.20. The van der Waals surface area contributed by atoms with Gasteiger partial charge in [0.2, 0.25) is 0 Å². The Labute approximate surface area is 185 Å². The fraction of sp³-hybridized carbons (Fsp3) is 0.381. The quantitative estimate of drug-likeness (QED) is 0.491. The third-order valence-electron chi connectivity index (χ3n) is 4.81. The molecule has 7 nitrogen and oxygen atoms in total. The van der Waals surface area contributed by atoms with Gasteiger partial charge in [-0.05, 0) is 43.0 Å². The van der Waals surface area contributed by atoms with Gasteiger partial charge >= 0.3 is 0 Å². The molecular weight excluding hydrogens is 427 g/mol. The van der Waals surface area contributed by atoms with Crippen LogP contribution in [0.3, 0.4) is 0 Å². The molecule has 1 aliphatic rings. The molecule has 9 heteroatoms. The molecule has 1 aliphatic heterocycles. The number of hydrazone groups is 1. The molecular formula is C21H24Cl2N4O3. The van der Waals surface area contributed by atoms with Gasteiger partial charge in [-0.2, -0.15) is 5.10 Å². The summed E-state index contributed by atoms with van der Waals surface area (Å²) in [4.78, 5) is 27.3. The Morgan fingerprint density at radius 3 is 2.57 bits per heavy atom. The number of benzene rings is 1. The maximum absolute atomic E-state index is 12.6. The fourth-order valence-electron chi connectivity index (χ4n) is 3.18. The van der Waals surface area contributed by atoms with Crippen LogP contribution in [0.25, 0.3) is 0 Å². The molecule has 0 bridgehead atoms. The molecule has 0 saturated carbocycles. The minimum absolute atomic E-state index is 0.166. The number of hydrogen-bond donors (Lipinski definition) is 2. The highest BCUT2D eigenvalue weighted by molar-refractivity contribution is 6.36. The molecule has 2 amide bonds. The van der Waals surface area contributed by atoms with Crippen LogP contribution in [0.2, 0.25) is 10.0 Å². The number of nitrogens with zero attached hydrogens (tertiary/aromatic N) is 2. The highest BCUT2D eigenvalue weighted by Crippen LogP contribution is 2.22. The van der Waals surface area contributed by atoms with Gasteiger partial charge < -0.3 is 14.6 Å². The average Bonchev–Trinajstić information content (AvgIpc) is 3.37. The Morgan fingerprint density at radius 1 is 1.17 bits per heavy atom. The summed E-state index contributed by atoms with van der Waals surface area (Å²) in [5, 5.41) is 7.30. The number of rotatable bonds is 7. The molecule has 160 valence electrons. The summed E-state index contributed by atoms with van der Waals surface area (Å²) in [5.41, 5.74) is 2.70. The predicted molar refractivity (Wildman–Crippen MR) is 118 cm³/mol. The predicted octanol–water partition coefficient (Wildman–Crippen LogP) is 4.09. The van der Waals surface area contributed by atoms with Crippen molar-refractivity contribution in [1.29, 1.82) is 0 Å². The van der Waals surface area contributed by atoms with Crippen LogP contribution in [0.15, 0.2) is 39.9 Å². The summed E-state index contributed by atoms with van der Waals surface area (Å²) >= 11 is 12.0. The van der Waals surface area contributed by atoms with Crippen LogP contribution in [-0.4, -0.2) is 37.2 Å². The summed E-state index contributed by atoms with van der Waals surface area (Å²) in [6.45, 7) is 5.61. The zero-order chi connectivity index (χ0) is 21.7. The van der Waals surface area contributed by atoms with Gasteiger partial charge in [0.25, 0.3) is 11.8 Å². The molecule has 2 N–H and O–H groups in total. The Hall–Kier alpha value is -2.51. The van der Waals surface area contributed by atoms with Crippen molar-refractivity contribution in [3.8, 4) is 0 Å². The van der Waals surface area contributed by atoms with Gasteiger partial charge in [-0.3, -0.25) is 9.59 Å². The fourth-order valence-corrected chi connectivity index (χ4v) is 3.67. The minimum Gasteiger partial charge on any atom is -0.440 e. The molecule has 1 atom stereocenters. The van der Waals surface area contributed by atoms with Gasteiger partial charge in [0.05, 0.1) is 16.8 Å². The molecule has 1 aromatic heterocycles. The Balaban J connectivity index is 1.60. The summed E-state index contributed by atoms with van der Waals surface area (Å²) in [6, 6.07) is 7.46. The largest absolute Gasteiger partial charge is 0.440 e. The van der Waals surface area contributed by atoms with Crippen molar-refractivity contribution in [2.24, 2.45) is 11.0 Å². The van der Waals surface area contributed by atoms with E-state index >= 15 is 0 Å². The van der Waals surface area contributed by atoms with Crippen LogP contribution in [-0.2, 0) is 4.79 Å². The number of amides is 2. The standard InChI is InChI=1S/C21H24Cl2N4O3/c1-13(2)19(25-20(28)16-7-5-14(22)11-17(16)23)21(29)26-24-12-15-6-8-18(30-15)27-9-3-4-10-27/h5-8,11-13,19H,3-4,9-10H2,1-2H3,(H,25,28)(H,26,29). The lowest BCUT2D eigenvalue weighted by molar-refractivity contribution is -0.123. The summed E-state index contributed by atoms with van der Waals surface area (Å²) < 4.78 is 5.73. The first-order chi connectivity index (χ1) is 14.3. The number of carbonyl (C=O) groups excluding carboxylic acids is 2. The minimum atomic E-state index is -0.793. The maximum atomic E-state index is 12.6. The number of furan rings is 1. The Bertz CT molecular complexity index is 936. The smallest absolute Gasteiger partial charge is 0.262 e. The van der Waals surface area contributed by atoms with Crippen molar-refractivity contribution in [1.82, 2.24) is 10.7 Å². The number of nitrogens with one attached hydrogen (secondary N) is 2. The second-order valence-corrected chi connectivity index (χ2v) is 8.27. The summed E-state index contributed by atoms with van der Waals surface area (Å²) in [5.74, 6) is 0.269. The topological polar surface area (TPSA) is 86.9 Å². The zero-order valence-corrected chi connectivity index (χ0v) is 18.3. The molecule has 0 aliphatic carbocycles. The number of anilines is 1. The molecule has 1 saturated heterocycles. The molecule has 1 fully saturated rings. The average molecular weight is 451 g/mol. The monoisotopic (exact) mass is 450 g/mol.